The minimum Gasteiger partial charge on any atom is -0.480 e. The number of aliphatic carboxylic acids is 1. The van der Waals surface area contributed by atoms with Crippen LogP contribution in [-0.4, -0.2) is 51.3 Å². The van der Waals surface area contributed by atoms with E-state index in [0.717, 1.165) is 12.2 Å². The molecule has 0 aromatic heterocycles. The van der Waals surface area contributed by atoms with Crippen molar-refractivity contribution in [3.8, 4) is 0 Å². The average Bonchev–Trinajstić information content (AvgIpc) is 2.42. The van der Waals surface area contributed by atoms with Gasteiger partial charge in [-0.3, -0.25) is 4.79 Å². The van der Waals surface area contributed by atoms with Crippen molar-refractivity contribution in [3.63, 3.8) is 0 Å². The van der Waals surface area contributed by atoms with Crippen LogP contribution < -0.4 is 0 Å². The van der Waals surface area contributed by atoms with E-state index in [9.17, 15) is 14.4 Å². The number of hydrogen-bond acceptors (Lipinski definition) is 5. The summed E-state index contributed by atoms with van der Waals surface area (Å²) in [5.74, 6) is -0.0147. The number of amides is 1. The standard InChI is InChI=1S/C15H27NO4S2/c1-11(17)7-6-10-21-22-15(3,4)9-8-13(18)16(5)12(2)14(19)20/h12H,6-10H2,1-5H3,(H,19,20). The lowest BCUT2D eigenvalue weighted by molar-refractivity contribution is -0.148. The summed E-state index contributed by atoms with van der Waals surface area (Å²) in [7, 11) is 4.96. The van der Waals surface area contributed by atoms with Gasteiger partial charge in [-0.25, -0.2) is 4.79 Å². The molecule has 1 amide bonds. The van der Waals surface area contributed by atoms with Crippen molar-refractivity contribution in [1.82, 2.24) is 4.90 Å². The highest BCUT2D eigenvalue weighted by molar-refractivity contribution is 8.77. The van der Waals surface area contributed by atoms with Crippen LogP contribution in [0.2, 0.25) is 0 Å². The van der Waals surface area contributed by atoms with Crippen LogP contribution >= 0.6 is 21.6 Å². The van der Waals surface area contributed by atoms with E-state index in [1.807, 2.05) is 0 Å². The zero-order chi connectivity index (χ0) is 17.3. The van der Waals surface area contributed by atoms with E-state index < -0.39 is 12.0 Å². The fraction of sp³-hybridized carbons (Fsp3) is 0.800. The second kappa shape index (κ2) is 10.2. The maximum atomic E-state index is 12.0. The molecule has 0 fully saturated rings. The van der Waals surface area contributed by atoms with Crippen molar-refractivity contribution >= 4 is 39.2 Å². The lowest BCUT2D eigenvalue weighted by Crippen LogP contribution is -2.40. The average molecular weight is 350 g/mol. The molecule has 128 valence electrons. The maximum Gasteiger partial charge on any atom is 0.326 e. The summed E-state index contributed by atoms with van der Waals surface area (Å²) in [6.07, 6.45) is 2.51. The van der Waals surface area contributed by atoms with Gasteiger partial charge >= 0.3 is 5.97 Å². The molecular weight excluding hydrogens is 322 g/mol. The first-order valence-electron chi connectivity index (χ1n) is 7.35. The second-order valence-corrected chi connectivity index (χ2v) is 9.11. The second-order valence-electron chi connectivity index (χ2n) is 5.99. The Morgan fingerprint density at radius 3 is 2.32 bits per heavy atom. The predicted octanol–water partition coefficient (Wildman–Crippen LogP) is 3.23. The Kier molecular flexibility index (Phi) is 9.84. The van der Waals surface area contributed by atoms with Crippen LogP contribution in [0.15, 0.2) is 0 Å². The number of Topliss-reactive ketones (excluding diaryl/α,β-unsaturated/α-hetero) is 1. The van der Waals surface area contributed by atoms with Crippen LogP contribution in [0.5, 0.6) is 0 Å². The molecule has 0 heterocycles. The Hall–Kier alpha value is -0.690. The molecule has 1 unspecified atom stereocenters. The van der Waals surface area contributed by atoms with Gasteiger partial charge in [-0.2, -0.15) is 0 Å². The molecule has 0 saturated carbocycles. The molecule has 0 bridgehead atoms. The highest BCUT2D eigenvalue weighted by Gasteiger charge is 2.25. The number of ketones is 1. The Bertz CT molecular complexity index is 399. The van der Waals surface area contributed by atoms with Gasteiger partial charge < -0.3 is 14.8 Å². The fourth-order valence-corrected chi connectivity index (χ4v) is 4.25. The van der Waals surface area contributed by atoms with Crippen molar-refractivity contribution in [1.29, 1.82) is 0 Å². The van der Waals surface area contributed by atoms with Gasteiger partial charge in [0.1, 0.15) is 11.8 Å². The van der Waals surface area contributed by atoms with Gasteiger partial charge in [-0.15, -0.1) is 0 Å². The van der Waals surface area contributed by atoms with Gasteiger partial charge in [0.05, 0.1) is 0 Å². The minimum absolute atomic E-state index is 0.0656. The summed E-state index contributed by atoms with van der Waals surface area (Å²) in [5.41, 5.74) is 0. The summed E-state index contributed by atoms with van der Waals surface area (Å²) in [6.45, 7) is 7.25. The third-order valence-electron chi connectivity index (χ3n) is 3.31. The molecule has 1 atom stereocenters. The Morgan fingerprint density at radius 1 is 1.23 bits per heavy atom. The van der Waals surface area contributed by atoms with Crippen LogP contribution in [0.1, 0.15) is 53.4 Å². The molecule has 0 radical (unpaired) electrons. The Labute approximate surface area is 141 Å². The summed E-state index contributed by atoms with van der Waals surface area (Å²) in [5, 5.41) is 8.91. The fourth-order valence-electron chi connectivity index (χ4n) is 1.59. The first kappa shape index (κ1) is 21.3. The van der Waals surface area contributed by atoms with Gasteiger partial charge in [0.2, 0.25) is 5.91 Å². The predicted molar refractivity (Wildman–Crippen MR) is 93.1 cm³/mol. The smallest absolute Gasteiger partial charge is 0.326 e. The third-order valence-corrected chi connectivity index (χ3v) is 6.75. The van der Waals surface area contributed by atoms with E-state index in [1.165, 1.54) is 18.9 Å². The van der Waals surface area contributed by atoms with E-state index in [4.69, 9.17) is 5.11 Å². The van der Waals surface area contributed by atoms with Crippen molar-refractivity contribution < 1.29 is 19.5 Å². The number of carbonyl (C=O) groups is 3. The largest absolute Gasteiger partial charge is 0.480 e. The molecule has 1 N–H and O–H groups in total. The highest BCUT2D eigenvalue weighted by atomic mass is 33.1. The molecule has 7 heteroatoms. The van der Waals surface area contributed by atoms with Gasteiger partial charge in [-0.1, -0.05) is 21.6 Å². The molecule has 0 saturated heterocycles. The number of likely N-dealkylation sites (N-methyl/N-ethyl adjacent to an activating group) is 1. The number of hydrogen-bond donors (Lipinski definition) is 1. The number of carbonyl (C=O) groups excluding carboxylic acids is 2. The summed E-state index contributed by atoms with van der Waals surface area (Å²) >= 11 is 0. The van der Waals surface area contributed by atoms with Gasteiger partial charge in [0.15, 0.2) is 0 Å². The van der Waals surface area contributed by atoms with Crippen molar-refractivity contribution in [3.05, 3.63) is 0 Å². The van der Waals surface area contributed by atoms with Crippen LogP contribution in [0, 0.1) is 0 Å². The van der Waals surface area contributed by atoms with Gasteiger partial charge in [-0.05, 0) is 40.5 Å². The zero-order valence-corrected chi connectivity index (χ0v) is 15.7. The quantitative estimate of drug-likeness (QED) is 0.456. The molecule has 0 aliphatic carbocycles. The van der Waals surface area contributed by atoms with E-state index >= 15 is 0 Å². The number of rotatable bonds is 11. The molecule has 5 nitrogen and oxygen atoms in total. The molecular formula is C15H27NO4S2. The van der Waals surface area contributed by atoms with Crippen molar-refractivity contribution in [2.24, 2.45) is 0 Å². The summed E-state index contributed by atoms with van der Waals surface area (Å²) in [6, 6.07) is -0.802. The van der Waals surface area contributed by atoms with Crippen LogP contribution in [-0.2, 0) is 14.4 Å². The van der Waals surface area contributed by atoms with Gasteiger partial charge in [0.25, 0.3) is 0 Å². The topological polar surface area (TPSA) is 74.7 Å². The maximum absolute atomic E-state index is 12.0. The first-order valence-corrected chi connectivity index (χ1v) is 9.67. The van der Waals surface area contributed by atoms with Crippen LogP contribution in [0.25, 0.3) is 0 Å². The number of carboxylic acid groups (broad SMARTS) is 1. The molecule has 0 spiro atoms. The summed E-state index contributed by atoms with van der Waals surface area (Å²) in [4.78, 5) is 35.0. The monoisotopic (exact) mass is 349 g/mol. The van der Waals surface area contributed by atoms with Gasteiger partial charge in [0, 0.05) is 30.4 Å². The first-order chi connectivity index (χ1) is 10.1. The van der Waals surface area contributed by atoms with E-state index in [2.05, 4.69) is 13.8 Å². The minimum atomic E-state index is -0.995. The van der Waals surface area contributed by atoms with E-state index in [1.54, 1.807) is 28.5 Å². The molecule has 0 aromatic carbocycles. The zero-order valence-electron chi connectivity index (χ0n) is 14.0. The van der Waals surface area contributed by atoms with Crippen LogP contribution in [0.3, 0.4) is 0 Å². The lowest BCUT2D eigenvalue weighted by atomic mass is 10.1. The molecule has 22 heavy (non-hydrogen) atoms. The molecule has 0 rings (SSSR count). The lowest BCUT2D eigenvalue weighted by Gasteiger charge is -2.26. The van der Waals surface area contributed by atoms with E-state index in [-0.39, 0.29) is 16.4 Å². The molecule has 0 aliphatic rings. The highest BCUT2D eigenvalue weighted by Crippen LogP contribution is 2.39. The Morgan fingerprint density at radius 2 is 1.82 bits per heavy atom. The van der Waals surface area contributed by atoms with Crippen LogP contribution in [0.4, 0.5) is 0 Å². The third kappa shape index (κ3) is 9.35. The molecule has 0 aliphatic heterocycles. The van der Waals surface area contributed by atoms with Crippen molar-refractivity contribution in [2.45, 2.75) is 64.2 Å². The SMILES string of the molecule is CC(=O)CCCSSC(C)(C)CCC(=O)N(C)C(C)C(=O)O. The normalized spacial score (nSPS) is 12.8. The summed E-state index contributed by atoms with van der Waals surface area (Å²) < 4.78 is -0.0656. The van der Waals surface area contributed by atoms with Crippen molar-refractivity contribution in [2.75, 3.05) is 12.8 Å². The van der Waals surface area contributed by atoms with E-state index in [0.29, 0.717) is 19.3 Å². The Balaban J connectivity index is 4.07. The number of nitrogens with zero attached hydrogens (tertiary/aromatic N) is 1. The molecule has 0 aromatic rings. The number of carboxylic acids is 1.